The van der Waals surface area contributed by atoms with Gasteiger partial charge in [0.1, 0.15) is 11.6 Å². The van der Waals surface area contributed by atoms with Crippen molar-refractivity contribution < 1.29 is 19.1 Å². The van der Waals surface area contributed by atoms with Gasteiger partial charge < -0.3 is 24.9 Å². The Morgan fingerprint density at radius 2 is 1.90 bits per heavy atom. The first-order chi connectivity index (χ1) is 14.1. The van der Waals surface area contributed by atoms with Crippen LogP contribution in [0.2, 0.25) is 0 Å². The molecule has 1 aromatic heterocycles. The van der Waals surface area contributed by atoms with E-state index in [-0.39, 0.29) is 6.42 Å². The number of ether oxygens (including phenoxy) is 1. The van der Waals surface area contributed by atoms with Crippen LogP contribution in [-0.4, -0.2) is 18.2 Å². The van der Waals surface area contributed by atoms with Crippen LogP contribution >= 0.6 is 0 Å². The van der Waals surface area contributed by atoms with Gasteiger partial charge in [-0.15, -0.1) is 0 Å². The topological polar surface area (TPSA) is 101 Å². The number of methoxy groups -OCH3 is 1. The van der Waals surface area contributed by atoms with Gasteiger partial charge in [-0.3, -0.25) is 4.79 Å². The van der Waals surface area contributed by atoms with Gasteiger partial charge in [0.15, 0.2) is 6.17 Å². The van der Waals surface area contributed by atoms with E-state index in [2.05, 4.69) is 0 Å². The highest BCUT2D eigenvalue weighted by atomic mass is 16.5. The second kappa shape index (κ2) is 7.71. The van der Waals surface area contributed by atoms with Crippen molar-refractivity contribution in [2.75, 3.05) is 12.0 Å². The Morgan fingerprint density at radius 1 is 1.17 bits per heavy atom. The summed E-state index contributed by atoms with van der Waals surface area (Å²) in [6.45, 7) is 0. The van der Waals surface area contributed by atoms with Crippen molar-refractivity contribution in [3.8, 4) is 5.75 Å². The van der Waals surface area contributed by atoms with Gasteiger partial charge in [-0.25, -0.2) is 4.99 Å². The van der Waals surface area contributed by atoms with Crippen LogP contribution in [0.3, 0.4) is 0 Å². The number of carboxylic acid groups (broad SMARTS) is 1. The van der Waals surface area contributed by atoms with E-state index in [0.717, 1.165) is 27.8 Å². The lowest BCUT2D eigenvalue weighted by molar-refractivity contribution is -0.136. The number of benzene rings is 2. The van der Waals surface area contributed by atoms with Gasteiger partial charge in [0.05, 0.1) is 18.6 Å². The van der Waals surface area contributed by atoms with Gasteiger partial charge in [-0.1, -0.05) is 24.3 Å². The van der Waals surface area contributed by atoms with Crippen LogP contribution in [0.15, 0.2) is 70.3 Å². The monoisotopic (exact) mass is 391 g/mol. The summed E-state index contributed by atoms with van der Waals surface area (Å²) in [5.74, 6) is 0.494. The number of carboxylic acids is 1. The molecule has 0 amide bonds. The molecule has 3 aromatic rings. The fourth-order valence-electron chi connectivity index (χ4n) is 3.38. The zero-order valence-corrected chi connectivity index (χ0v) is 15.9. The number of hydrogen-bond donors (Lipinski definition) is 2. The molecule has 0 aliphatic carbocycles. The Morgan fingerprint density at radius 3 is 2.55 bits per heavy atom. The summed E-state index contributed by atoms with van der Waals surface area (Å²) in [7, 11) is 1.62. The highest BCUT2D eigenvalue weighted by molar-refractivity contribution is 5.69. The standard InChI is InChI=1S/C22H21N3O4/c1-28-17-9-7-16(8-10-17)25-20(23)18-12-13-29-22(18)24-21(25)15-5-2-14(3-6-15)4-11-19(26)27/h2-3,5-10,12-13,21H,4,11,23H2,1H3,(H,26,27). The minimum Gasteiger partial charge on any atom is -0.497 e. The molecule has 4 rings (SSSR count). The number of nitrogens with zero attached hydrogens (tertiary/aromatic N) is 2. The molecule has 0 saturated heterocycles. The van der Waals surface area contributed by atoms with Crippen molar-refractivity contribution in [1.29, 1.82) is 0 Å². The first-order valence-electron chi connectivity index (χ1n) is 9.22. The smallest absolute Gasteiger partial charge is 0.303 e. The summed E-state index contributed by atoms with van der Waals surface area (Å²) in [6, 6.07) is 17.2. The molecule has 29 heavy (non-hydrogen) atoms. The molecule has 1 aliphatic rings. The lowest BCUT2D eigenvalue weighted by Gasteiger charge is -2.33. The van der Waals surface area contributed by atoms with Crippen LogP contribution in [0.1, 0.15) is 23.7 Å². The Kier molecular flexibility index (Phi) is 4.95. The molecule has 1 aliphatic heterocycles. The van der Waals surface area contributed by atoms with Crippen molar-refractivity contribution in [1.82, 2.24) is 0 Å². The number of rotatable bonds is 6. The van der Waals surface area contributed by atoms with E-state index in [4.69, 9.17) is 25.0 Å². The van der Waals surface area contributed by atoms with Gasteiger partial charge in [0.2, 0.25) is 5.55 Å². The minimum atomic E-state index is -0.810. The average Bonchev–Trinajstić information content (AvgIpc) is 3.22. The highest BCUT2D eigenvalue weighted by Crippen LogP contribution is 2.32. The number of aliphatic carboxylic acids is 1. The molecular formula is C22H21N3O4. The molecule has 7 nitrogen and oxygen atoms in total. The fourth-order valence-corrected chi connectivity index (χ4v) is 3.38. The summed E-state index contributed by atoms with van der Waals surface area (Å²) < 4.78 is 10.8. The SMILES string of the molecule is COc1ccc(N2C(N)=c3ccoc3=NC2c2ccc(CCC(=O)O)cc2)cc1. The Bertz CT molecular complexity index is 1130. The van der Waals surface area contributed by atoms with Crippen LogP contribution < -0.4 is 26.1 Å². The predicted molar refractivity (Wildman–Crippen MR) is 108 cm³/mol. The zero-order chi connectivity index (χ0) is 20.4. The van der Waals surface area contributed by atoms with Crippen LogP contribution in [0.25, 0.3) is 5.82 Å². The molecule has 3 N–H and O–H groups in total. The van der Waals surface area contributed by atoms with Crippen LogP contribution in [-0.2, 0) is 11.2 Å². The lowest BCUT2D eigenvalue weighted by Crippen LogP contribution is -2.43. The summed E-state index contributed by atoms with van der Waals surface area (Å²) in [5, 5.41) is 9.62. The molecule has 0 radical (unpaired) electrons. The number of aryl methyl sites for hydroxylation is 1. The summed E-state index contributed by atoms with van der Waals surface area (Å²) in [4.78, 5) is 17.5. The molecule has 7 heteroatoms. The predicted octanol–water partition coefficient (Wildman–Crippen LogP) is 2.17. The van der Waals surface area contributed by atoms with E-state index < -0.39 is 12.1 Å². The number of nitrogens with two attached hydrogens (primary N) is 1. The van der Waals surface area contributed by atoms with Crippen molar-refractivity contribution in [3.05, 3.63) is 82.8 Å². The van der Waals surface area contributed by atoms with Gasteiger partial charge in [0.25, 0.3) is 0 Å². The number of anilines is 1. The maximum Gasteiger partial charge on any atom is 0.303 e. The normalized spacial score (nSPS) is 15.6. The molecule has 0 spiro atoms. The van der Waals surface area contributed by atoms with E-state index in [1.807, 2.05) is 53.4 Å². The average molecular weight is 391 g/mol. The molecule has 0 saturated carbocycles. The molecule has 2 heterocycles. The quantitative estimate of drug-likeness (QED) is 0.668. The van der Waals surface area contributed by atoms with Gasteiger partial charge in [-0.2, -0.15) is 0 Å². The number of fused-ring (bicyclic) bond motifs is 1. The largest absolute Gasteiger partial charge is 0.497 e. The fraction of sp³-hybridized carbons (Fsp3) is 0.182. The lowest BCUT2D eigenvalue weighted by atomic mass is 10.0. The first-order valence-corrected chi connectivity index (χ1v) is 9.22. The third-order valence-electron chi connectivity index (χ3n) is 4.92. The molecule has 148 valence electrons. The van der Waals surface area contributed by atoms with Gasteiger partial charge in [0, 0.05) is 12.1 Å². The highest BCUT2D eigenvalue weighted by Gasteiger charge is 2.27. The number of hydrogen-bond acceptors (Lipinski definition) is 6. The second-order valence-corrected chi connectivity index (χ2v) is 6.73. The maximum atomic E-state index is 10.8. The van der Waals surface area contributed by atoms with E-state index >= 15 is 0 Å². The summed E-state index contributed by atoms with van der Waals surface area (Å²) in [5.41, 5.74) is 9.75. The third kappa shape index (κ3) is 3.67. The Hall–Kier alpha value is -3.74. The second-order valence-electron chi connectivity index (χ2n) is 6.73. The summed E-state index contributed by atoms with van der Waals surface area (Å²) >= 11 is 0. The third-order valence-corrected chi connectivity index (χ3v) is 4.92. The molecule has 1 unspecified atom stereocenters. The minimum absolute atomic E-state index is 0.0988. The van der Waals surface area contributed by atoms with Crippen LogP contribution in [0.5, 0.6) is 5.75 Å². The molecule has 0 fully saturated rings. The first kappa shape index (κ1) is 18.6. The van der Waals surface area contributed by atoms with E-state index in [9.17, 15) is 4.79 Å². The molecule has 2 aromatic carbocycles. The van der Waals surface area contributed by atoms with Crippen LogP contribution in [0, 0.1) is 0 Å². The van der Waals surface area contributed by atoms with Crippen molar-refractivity contribution in [3.63, 3.8) is 0 Å². The van der Waals surface area contributed by atoms with Crippen LogP contribution in [0.4, 0.5) is 5.69 Å². The van der Waals surface area contributed by atoms with Crippen molar-refractivity contribution in [2.24, 2.45) is 10.7 Å². The van der Waals surface area contributed by atoms with E-state index in [1.165, 1.54) is 0 Å². The summed E-state index contributed by atoms with van der Waals surface area (Å²) in [6.07, 6.45) is 1.75. The van der Waals surface area contributed by atoms with Crippen molar-refractivity contribution >= 4 is 17.5 Å². The van der Waals surface area contributed by atoms with E-state index in [0.29, 0.717) is 17.8 Å². The van der Waals surface area contributed by atoms with Gasteiger partial charge in [-0.05, 0) is 47.9 Å². The van der Waals surface area contributed by atoms with Crippen molar-refractivity contribution in [2.45, 2.75) is 19.0 Å². The molecule has 0 bridgehead atoms. The molecule has 1 atom stereocenters. The molecular weight excluding hydrogens is 370 g/mol. The Balaban J connectivity index is 1.74. The zero-order valence-electron chi connectivity index (χ0n) is 15.9. The maximum absolute atomic E-state index is 10.8. The Labute approximate surface area is 167 Å². The number of carbonyl (C=O) groups is 1. The van der Waals surface area contributed by atoms with E-state index in [1.54, 1.807) is 19.4 Å². The number of furan rings is 1. The van der Waals surface area contributed by atoms with Gasteiger partial charge >= 0.3 is 5.97 Å².